The van der Waals surface area contributed by atoms with Gasteiger partial charge in [-0.3, -0.25) is 28.5 Å². The third kappa shape index (κ3) is 7.79. The van der Waals surface area contributed by atoms with E-state index >= 15 is 0 Å². The maximum atomic E-state index is 13.6. The second-order valence-electron chi connectivity index (χ2n) is 8.85. The largest absolute Gasteiger partial charge is 0.496 e. The molecule has 2 heterocycles. The molecule has 41 heavy (non-hydrogen) atoms. The van der Waals surface area contributed by atoms with Crippen LogP contribution >= 0.6 is 15.9 Å². The minimum atomic E-state index is -1.61. The number of nitrogens with zero attached hydrogens (tertiary/aromatic N) is 3. The molecule has 1 fully saturated rings. The van der Waals surface area contributed by atoms with Crippen LogP contribution in [0.4, 0.5) is 0 Å². The lowest BCUT2D eigenvalue weighted by Crippen LogP contribution is -2.62. The van der Waals surface area contributed by atoms with E-state index in [9.17, 15) is 28.8 Å². The highest BCUT2D eigenvalue weighted by Gasteiger charge is 2.53. The molecule has 222 valence electrons. The molecular formula is C25H28BrN3O12. The van der Waals surface area contributed by atoms with Crippen molar-refractivity contribution >= 4 is 39.8 Å². The number of hydrogen-bond acceptors (Lipinski definition) is 13. The Morgan fingerprint density at radius 1 is 0.927 bits per heavy atom. The molecule has 3 rings (SSSR count). The normalized spacial score (nSPS) is 21.9. The van der Waals surface area contributed by atoms with Gasteiger partial charge in [0.2, 0.25) is 0 Å². The lowest BCUT2D eigenvalue weighted by atomic mass is 9.97. The lowest BCUT2D eigenvalue weighted by molar-refractivity contribution is -0.271. The molecule has 0 spiro atoms. The molecule has 0 N–H and O–H groups in total. The van der Waals surface area contributed by atoms with Crippen molar-refractivity contribution in [3.05, 3.63) is 55.3 Å². The SMILES string of the molecule is COc1ccc(Cn2c(=O)cnn([C@@H]3O[C@H](COC(C)=O)[C@H](OC(C)=O)[C@H](OC(C)=O)[C@H]3OC(C)=O)c2=O)cc1Br. The Hall–Kier alpha value is -4.05. The van der Waals surface area contributed by atoms with Crippen molar-refractivity contribution in [1.82, 2.24) is 14.3 Å². The highest BCUT2D eigenvalue weighted by atomic mass is 79.9. The molecule has 0 aliphatic carbocycles. The molecule has 2 aromatic rings. The van der Waals surface area contributed by atoms with Crippen LogP contribution < -0.4 is 16.0 Å². The van der Waals surface area contributed by atoms with Crippen LogP contribution in [0.15, 0.2) is 38.5 Å². The fraction of sp³-hybridized carbons (Fsp3) is 0.480. The van der Waals surface area contributed by atoms with E-state index in [2.05, 4.69) is 21.0 Å². The summed E-state index contributed by atoms with van der Waals surface area (Å²) in [6.07, 6.45) is -6.59. The molecule has 0 unspecified atom stereocenters. The average molecular weight is 642 g/mol. The summed E-state index contributed by atoms with van der Waals surface area (Å²) in [6.45, 7) is 3.66. The Morgan fingerprint density at radius 2 is 1.54 bits per heavy atom. The number of benzene rings is 1. The van der Waals surface area contributed by atoms with Crippen LogP contribution in [-0.2, 0) is 49.4 Å². The van der Waals surface area contributed by atoms with Crippen LogP contribution in [0.1, 0.15) is 39.5 Å². The molecule has 5 atom stereocenters. The maximum absolute atomic E-state index is 13.6. The number of hydrogen-bond donors (Lipinski definition) is 0. The molecule has 0 radical (unpaired) electrons. The van der Waals surface area contributed by atoms with Gasteiger partial charge in [-0.25, -0.2) is 4.79 Å². The Morgan fingerprint density at radius 3 is 2.10 bits per heavy atom. The first-order valence-electron chi connectivity index (χ1n) is 12.1. The molecule has 1 aliphatic rings. The number of aromatic nitrogens is 3. The van der Waals surface area contributed by atoms with Crippen LogP contribution in [0.5, 0.6) is 5.75 Å². The molecule has 1 saturated heterocycles. The third-order valence-corrected chi connectivity index (χ3v) is 6.37. The predicted octanol–water partition coefficient (Wildman–Crippen LogP) is 0.480. The van der Waals surface area contributed by atoms with E-state index in [0.29, 0.717) is 15.8 Å². The molecular weight excluding hydrogens is 614 g/mol. The zero-order valence-corrected chi connectivity index (χ0v) is 24.3. The van der Waals surface area contributed by atoms with Gasteiger partial charge in [0.25, 0.3) is 5.56 Å². The van der Waals surface area contributed by atoms with Gasteiger partial charge in [-0.1, -0.05) is 6.07 Å². The molecule has 0 bridgehead atoms. The summed E-state index contributed by atoms with van der Waals surface area (Å²) >= 11 is 3.36. The van der Waals surface area contributed by atoms with Gasteiger partial charge >= 0.3 is 29.6 Å². The average Bonchev–Trinajstić information content (AvgIpc) is 2.87. The Balaban J connectivity index is 2.14. The van der Waals surface area contributed by atoms with Crippen molar-refractivity contribution in [2.75, 3.05) is 13.7 Å². The van der Waals surface area contributed by atoms with Crippen LogP contribution in [0, 0.1) is 0 Å². The minimum Gasteiger partial charge on any atom is -0.496 e. The van der Waals surface area contributed by atoms with E-state index in [1.807, 2.05) is 0 Å². The molecule has 1 aromatic carbocycles. The first-order chi connectivity index (χ1) is 19.3. The number of halogens is 1. The van der Waals surface area contributed by atoms with E-state index in [1.54, 1.807) is 18.2 Å². The highest BCUT2D eigenvalue weighted by molar-refractivity contribution is 9.10. The topological polar surface area (TPSA) is 181 Å². The third-order valence-electron chi connectivity index (χ3n) is 5.75. The van der Waals surface area contributed by atoms with Gasteiger partial charge in [0, 0.05) is 27.7 Å². The van der Waals surface area contributed by atoms with Crippen molar-refractivity contribution in [3.8, 4) is 5.75 Å². The van der Waals surface area contributed by atoms with Crippen molar-refractivity contribution in [1.29, 1.82) is 0 Å². The zero-order valence-electron chi connectivity index (χ0n) is 22.7. The molecule has 1 aliphatic heterocycles. The van der Waals surface area contributed by atoms with Gasteiger partial charge in [0.15, 0.2) is 24.5 Å². The Kier molecular flexibility index (Phi) is 10.4. The number of rotatable bonds is 9. The first-order valence-corrected chi connectivity index (χ1v) is 12.9. The van der Waals surface area contributed by atoms with Crippen molar-refractivity contribution in [2.45, 2.75) is 64.9 Å². The number of ether oxygens (including phenoxy) is 6. The molecule has 0 amide bonds. The molecule has 0 saturated carbocycles. The number of methoxy groups -OCH3 is 1. The molecule has 16 heteroatoms. The number of esters is 4. The number of carbonyl (C=O) groups is 4. The van der Waals surface area contributed by atoms with Crippen LogP contribution in [0.25, 0.3) is 0 Å². The number of carbonyl (C=O) groups excluding carboxylic acids is 4. The van der Waals surface area contributed by atoms with E-state index in [-0.39, 0.29) is 6.54 Å². The van der Waals surface area contributed by atoms with Gasteiger partial charge in [-0.05, 0) is 33.6 Å². The fourth-order valence-electron chi connectivity index (χ4n) is 4.16. The van der Waals surface area contributed by atoms with Crippen LogP contribution in [-0.4, -0.2) is 76.4 Å². The standard InChI is InChI=1S/C25H28BrN3O12/c1-12(30)37-11-19-21(38-13(2)31)22(39-14(3)32)23(40-15(4)33)24(41-19)29-25(35)28(20(34)9-27-29)10-16-6-7-18(36-5)17(26)8-16/h6-9,19,21-24H,10-11H2,1-5H3/t19-,21+,22+,23-,24-/m1/s1. The summed E-state index contributed by atoms with van der Waals surface area (Å²) in [5.74, 6) is -2.67. The first kappa shape index (κ1) is 31.5. The van der Waals surface area contributed by atoms with Gasteiger partial charge in [0.1, 0.15) is 24.7 Å². The summed E-state index contributed by atoms with van der Waals surface area (Å²) < 4.78 is 34.5. The lowest BCUT2D eigenvalue weighted by Gasteiger charge is -2.44. The quantitative estimate of drug-likeness (QED) is 0.273. The van der Waals surface area contributed by atoms with Crippen LogP contribution in [0.3, 0.4) is 0 Å². The van der Waals surface area contributed by atoms with Crippen molar-refractivity contribution in [2.24, 2.45) is 0 Å². The van der Waals surface area contributed by atoms with E-state index in [0.717, 1.165) is 43.1 Å². The summed E-state index contributed by atoms with van der Waals surface area (Å²) in [5.41, 5.74) is -1.16. The summed E-state index contributed by atoms with van der Waals surface area (Å²) in [5, 5.41) is 3.90. The predicted molar refractivity (Wildman–Crippen MR) is 140 cm³/mol. The zero-order chi connectivity index (χ0) is 30.4. The minimum absolute atomic E-state index is 0.186. The molecule has 1 aromatic heterocycles. The monoisotopic (exact) mass is 641 g/mol. The highest BCUT2D eigenvalue weighted by Crippen LogP contribution is 2.33. The Labute approximate surface area is 241 Å². The summed E-state index contributed by atoms with van der Waals surface area (Å²) in [4.78, 5) is 74.0. The van der Waals surface area contributed by atoms with Crippen LogP contribution in [0.2, 0.25) is 0 Å². The summed E-state index contributed by atoms with van der Waals surface area (Å²) in [6, 6.07) is 4.95. The van der Waals surface area contributed by atoms with Gasteiger partial charge in [-0.15, -0.1) is 0 Å². The maximum Gasteiger partial charge on any atom is 0.350 e. The second-order valence-corrected chi connectivity index (χ2v) is 9.71. The fourth-order valence-corrected chi connectivity index (χ4v) is 4.75. The smallest absolute Gasteiger partial charge is 0.350 e. The van der Waals surface area contributed by atoms with E-state index < -0.39 is 72.4 Å². The van der Waals surface area contributed by atoms with Crippen molar-refractivity contribution < 1.29 is 47.6 Å². The van der Waals surface area contributed by atoms with Crippen molar-refractivity contribution in [3.63, 3.8) is 0 Å². The summed E-state index contributed by atoms with van der Waals surface area (Å²) in [7, 11) is 1.49. The van der Waals surface area contributed by atoms with E-state index in [1.165, 1.54) is 7.11 Å². The van der Waals surface area contributed by atoms with E-state index in [4.69, 9.17) is 28.4 Å². The van der Waals surface area contributed by atoms with Gasteiger partial charge in [0.05, 0.1) is 18.1 Å². The molecule has 15 nitrogen and oxygen atoms in total. The van der Waals surface area contributed by atoms with Gasteiger partial charge < -0.3 is 28.4 Å². The Bertz CT molecular complexity index is 1440. The second kappa shape index (κ2) is 13.5. The van der Waals surface area contributed by atoms with Gasteiger partial charge in [-0.2, -0.15) is 9.78 Å².